The number of aromatic nitrogens is 4. The molecule has 4 atom stereocenters. The maximum absolute atomic E-state index is 5.97. The lowest BCUT2D eigenvalue weighted by atomic mass is 9.59. The highest BCUT2D eigenvalue weighted by Gasteiger charge is 2.47. The average molecular weight is 357 g/mol. The number of fused-ring (bicyclic) bond motifs is 3. The average Bonchev–Trinajstić information content (AvgIpc) is 3.03. The lowest BCUT2D eigenvalue weighted by molar-refractivity contribution is 0.172. The summed E-state index contributed by atoms with van der Waals surface area (Å²) < 4.78 is 2.34. The standard InChI is InChI=1S/C22H23N5/c23-22-25-10-14-3-1-5-17-16-7-6-13(20(17)21(14)26-22)9-19(16)27-11-15-4-2-8-24-18(15)12-27/h2,4,8-13,16-17,20H,1,3,5-7H2,(H2,23,25,26)/t13?,16?,17-,20+/m1/s1. The molecule has 3 heterocycles. The first kappa shape index (κ1) is 15.4. The topological polar surface area (TPSA) is 69.6 Å². The molecule has 0 aromatic carbocycles. The number of nitrogens with zero attached hydrogens (tertiary/aromatic N) is 4. The van der Waals surface area contributed by atoms with Crippen molar-refractivity contribution in [2.75, 3.05) is 5.73 Å². The molecule has 7 rings (SSSR count). The van der Waals surface area contributed by atoms with Crippen molar-refractivity contribution < 1.29 is 0 Å². The van der Waals surface area contributed by atoms with Crippen molar-refractivity contribution in [3.8, 4) is 0 Å². The Morgan fingerprint density at radius 1 is 1.11 bits per heavy atom. The molecule has 1 fully saturated rings. The van der Waals surface area contributed by atoms with Crippen LogP contribution >= 0.6 is 0 Å². The Kier molecular flexibility index (Phi) is 3.22. The molecule has 0 amide bonds. The fourth-order valence-corrected chi connectivity index (χ4v) is 5.85. The quantitative estimate of drug-likeness (QED) is 0.714. The van der Waals surface area contributed by atoms with Crippen LogP contribution in [-0.4, -0.2) is 19.5 Å². The first-order valence-electron chi connectivity index (χ1n) is 10.0. The molecule has 2 N–H and O–H groups in total. The Morgan fingerprint density at radius 3 is 3.00 bits per heavy atom. The summed E-state index contributed by atoms with van der Waals surface area (Å²) in [5.74, 6) is 2.70. The minimum Gasteiger partial charge on any atom is -0.368 e. The minimum absolute atomic E-state index is 0.419. The first-order valence-corrected chi connectivity index (χ1v) is 10.0. The summed E-state index contributed by atoms with van der Waals surface area (Å²) in [7, 11) is 0. The van der Waals surface area contributed by atoms with Gasteiger partial charge in [0, 0.05) is 47.7 Å². The second-order valence-corrected chi connectivity index (χ2v) is 8.30. The van der Waals surface area contributed by atoms with Gasteiger partial charge < -0.3 is 10.3 Å². The van der Waals surface area contributed by atoms with Crippen LogP contribution < -0.4 is 5.73 Å². The molecule has 0 aliphatic heterocycles. The predicted octanol–water partition coefficient (Wildman–Crippen LogP) is 4.03. The van der Waals surface area contributed by atoms with Crippen LogP contribution in [0.15, 0.2) is 43.0 Å². The van der Waals surface area contributed by atoms with Gasteiger partial charge in [-0.2, -0.15) is 0 Å². The first-order chi connectivity index (χ1) is 13.3. The molecule has 4 aliphatic rings. The third-order valence-electron chi connectivity index (χ3n) is 6.94. The monoisotopic (exact) mass is 357 g/mol. The summed E-state index contributed by atoms with van der Waals surface area (Å²) in [4.78, 5) is 13.5. The zero-order chi connectivity index (χ0) is 18.0. The van der Waals surface area contributed by atoms with E-state index in [-0.39, 0.29) is 0 Å². The number of nitrogen functional groups attached to an aromatic ring is 1. The lowest BCUT2D eigenvalue weighted by Gasteiger charge is -2.47. The van der Waals surface area contributed by atoms with Gasteiger partial charge in [-0.1, -0.05) is 6.08 Å². The Balaban J connectivity index is 1.47. The highest BCUT2D eigenvalue weighted by molar-refractivity contribution is 5.80. The van der Waals surface area contributed by atoms with E-state index in [0.29, 0.717) is 29.6 Å². The number of anilines is 1. The number of rotatable bonds is 1. The highest BCUT2D eigenvalue weighted by Crippen LogP contribution is 2.56. The van der Waals surface area contributed by atoms with Crippen LogP contribution in [-0.2, 0) is 6.42 Å². The number of hydrogen-bond donors (Lipinski definition) is 1. The summed E-state index contributed by atoms with van der Waals surface area (Å²) in [5.41, 5.74) is 11.1. The smallest absolute Gasteiger partial charge is 0.220 e. The van der Waals surface area contributed by atoms with Crippen LogP contribution in [0.3, 0.4) is 0 Å². The second-order valence-electron chi connectivity index (χ2n) is 8.30. The highest BCUT2D eigenvalue weighted by atomic mass is 15.0. The van der Waals surface area contributed by atoms with Crippen LogP contribution in [0.5, 0.6) is 0 Å². The third kappa shape index (κ3) is 2.27. The largest absolute Gasteiger partial charge is 0.368 e. The maximum atomic E-state index is 5.97. The number of pyridine rings is 1. The number of nitrogens with two attached hydrogens (primary N) is 1. The van der Waals surface area contributed by atoms with E-state index in [9.17, 15) is 0 Å². The predicted molar refractivity (Wildman–Crippen MR) is 106 cm³/mol. The van der Waals surface area contributed by atoms with E-state index in [0.717, 1.165) is 11.9 Å². The molecule has 3 aromatic heterocycles. The fraction of sp³-hybridized carbons (Fsp3) is 0.409. The van der Waals surface area contributed by atoms with E-state index < -0.39 is 0 Å². The molecule has 136 valence electrons. The molecule has 0 spiro atoms. The summed E-state index contributed by atoms with van der Waals surface area (Å²) in [6.45, 7) is 0. The van der Waals surface area contributed by atoms with Crippen LogP contribution in [0.25, 0.3) is 16.6 Å². The van der Waals surface area contributed by atoms with Gasteiger partial charge in [0.15, 0.2) is 0 Å². The van der Waals surface area contributed by atoms with Crippen molar-refractivity contribution in [1.29, 1.82) is 0 Å². The molecule has 0 saturated heterocycles. The Labute approximate surface area is 158 Å². The SMILES string of the molecule is Nc1ncc2c(n1)[C@H]1C3C=C(n4cc5cccnc5c4)C(CC3)[C@H]1CCC2. The summed E-state index contributed by atoms with van der Waals surface area (Å²) in [5, 5.41) is 1.21. The van der Waals surface area contributed by atoms with Crippen molar-refractivity contribution in [3.05, 3.63) is 54.3 Å². The van der Waals surface area contributed by atoms with E-state index in [4.69, 9.17) is 10.7 Å². The molecule has 2 bridgehead atoms. The van der Waals surface area contributed by atoms with Gasteiger partial charge >= 0.3 is 0 Å². The molecule has 27 heavy (non-hydrogen) atoms. The van der Waals surface area contributed by atoms with E-state index in [1.54, 1.807) is 0 Å². The van der Waals surface area contributed by atoms with Crippen molar-refractivity contribution in [2.45, 2.75) is 38.0 Å². The fourth-order valence-electron chi connectivity index (χ4n) is 5.85. The van der Waals surface area contributed by atoms with Crippen LogP contribution in [0.2, 0.25) is 0 Å². The van der Waals surface area contributed by atoms with E-state index in [1.165, 1.54) is 48.0 Å². The lowest BCUT2D eigenvalue weighted by Crippen LogP contribution is -2.38. The van der Waals surface area contributed by atoms with Gasteiger partial charge in [-0.25, -0.2) is 9.97 Å². The number of aryl methyl sites for hydroxylation is 1. The maximum Gasteiger partial charge on any atom is 0.220 e. The molecule has 2 unspecified atom stereocenters. The van der Waals surface area contributed by atoms with E-state index in [2.05, 4.69) is 39.1 Å². The van der Waals surface area contributed by atoms with Crippen molar-refractivity contribution in [2.24, 2.45) is 17.8 Å². The van der Waals surface area contributed by atoms with Crippen molar-refractivity contribution >= 4 is 22.5 Å². The van der Waals surface area contributed by atoms with Gasteiger partial charge in [0.2, 0.25) is 5.95 Å². The molecule has 5 nitrogen and oxygen atoms in total. The molecular weight excluding hydrogens is 334 g/mol. The molecular formula is C22H23N5. The number of hydrogen-bond acceptors (Lipinski definition) is 4. The van der Waals surface area contributed by atoms with Gasteiger partial charge in [0.25, 0.3) is 0 Å². The number of allylic oxidation sites excluding steroid dienone is 2. The van der Waals surface area contributed by atoms with E-state index >= 15 is 0 Å². The van der Waals surface area contributed by atoms with Crippen LogP contribution in [0.1, 0.15) is 42.9 Å². The van der Waals surface area contributed by atoms with Crippen LogP contribution in [0.4, 0.5) is 5.95 Å². The third-order valence-corrected chi connectivity index (χ3v) is 6.94. The van der Waals surface area contributed by atoms with E-state index in [1.807, 2.05) is 18.5 Å². The Hall–Kier alpha value is -2.69. The normalized spacial score (nSPS) is 29.1. The van der Waals surface area contributed by atoms with Crippen LogP contribution in [0, 0.1) is 17.8 Å². The summed E-state index contributed by atoms with van der Waals surface area (Å²) in [6, 6.07) is 4.15. The summed E-state index contributed by atoms with van der Waals surface area (Å²) in [6.07, 6.45) is 16.9. The zero-order valence-electron chi connectivity index (χ0n) is 15.3. The van der Waals surface area contributed by atoms with Crippen molar-refractivity contribution in [3.63, 3.8) is 0 Å². The Morgan fingerprint density at radius 2 is 2.07 bits per heavy atom. The molecule has 3 aromatic rings. The van der Waals surface area contributed by atoms with Gasteiger partial charge in [0.1, 0.15) is 0 Å². The zero-order valence-corrected chi connectivity index (χ0v) is 15.3. The molecule has 0 radical (unpaired) electrons. The Bertz CT molecular complexity index is 1030. The molecule has 5 heteroatoms. The van der Waals surface area contributed by atoms with Gasteiger partial charge in [0.05, 0.1) is 11.2 Å². The van der Waals surface area contributed by atoms with Gasteiger partial charge in [-0.3, -0.25) is 4.98 Å². The van der Waals surface area contributed by atoms with Gasteiger partial charge in [-0.05, 0) is 61.6 Å². The van der Waals surface area contributed by atoms with Crippen molar-refractivity contribution in [1.82, 2.24) is 19.5 Å². The molecule has 1 saturated carbocycles. The minimum atomic E-state index is 0.419. The molecule has 4 aliphatic carbocycles. The second kappa shape index (κ2) is 5.65. The van der Waals surface area contributed by atoms with Gasteiger partial charge in [-0.15, -0.1) is 0 Å². The summed E-state index contributed by atoms with van der Waals surface area (Å²) >= 11 is 0.